The van der Waals surface area contributed by atoms with Gasteiger partial charge < -0.3 is 24.6 Å². The predicted molar refractivity (Wildman–Crippen MR) is 117 cm³/mol. The molecule has 2 saturated heterocycles. The van der Waals surface area contributed by atoms with Crippen LogP contribution in [0.3, 0.4) is 0 Å². The van der Waals surface area contributed by atoms with Gasteiger partial charge in [0.25, 0.3) is 0 Å². The van der Waals surface area contributed by atoms with Crippen LogP contribution >= 0.6 is 0 Å². The smallest absolute Gasteiger partial charge is 0.193 e. The van der Waals surface area contributed by atoms with Crippen molar-refractivity contribution < 1.29 is 9.47 Å². The van der Waals surface area contributed by atoms with Crippen LogP contribution in [0.2, 0.25) is 0 Å². The number of nitrogens with one attached hydrogen (secondary N) is 1. The summed E-state index contributed by atoms with van der Waals surface area (Å²) in [6, 6.07) is 4.33. The average Bonchev–Trinajstić information content (AvgIpc) is 3.21. The Labute approximate surface area is 175 Å². The first-order valence-electron chi connectivity index (χ1n) is 10.9. The highest BCUT2D eigenvalue weighted by Gasteiger charge is 2.25. The van der Waals surface area contributed by atoms with Crippen LogP contribution in [-0.4, -0.2) is 76.0 Å². The van der Waals surface area contributed by atoms with Gasteiger partial charge in [-0.3, -0.25) is 4.99 Å². The number of guanidine groups is 1. The Bertz CT molecular complexity index is 629. The minimum atomic E-state index is 0.554. The molecule has 0 spiro atoms. The van der Waals surface area contributed by atoms with Gasteiger partial charge >= 0.3 is 0 Å². The zero-order valence-electron chi connectivity index (χ0n) is 18.3. The summed E-state index contributed by atoms with van der Waals surface area (Å²) < 4.78 is 10.7. The quantitative estimate of drug-likeness (QED) is 0.409. The summed E-state index contributed by atoms with van der Waals surface area (Å²) >= 11 is 0. The number of piperidine rings is 1. The number of aromatic nitrogens is 1. The van der Waals surface area contributed by atoms with Crippen molar-refractivity contribution in [1.29, 1.82) is 0 Å². The van der Waals surface area contributed by atoms with Crippen LogP contribution < -0.4 is 10.2 Å². The number of aliphatic imine (C=N–C) groups is 1. The van der Waals surface area contributed by atoms with Crippen LogP contribution in [0, 0.1) is 11.8 Å². The van der Waals surface area contributed by atoms with Gasteiger partial charge in [-0.2, -0.15) is 0 Å². The molecule has 2 aliphatic rings. The number of rotatable bonds is 8. The number of anilines is 1. The van der Waals surface area contributed by atoms with Crippen molar-refractivity contribution >= 4 is 11.8 Å². The first kappa shape index (κ1) is 21.8. The van der Waals surface area contributed by atoms with Crippen molar-refractivity contribution in [1.82, 2.24) is 15.2 Å². The lowest BCUT2D eigenvalue weighted by molar-refractivity contribution is 0.0536. The standard InChI is InChI=1S/C22H37N5O2/c1-18-6-9-26(10-7-18)21-5-4-19(14-24-21)15-25-22(23-2)27-11-8-20(16-27)17-29-13-12-28-3/h4-5,14,18,20H,6-13,15-17H2,1-3H3,(H,23,25). The normalized spacial score (nSPS) is 21.1. The molecule has 0 amide bonds. The molecule has 0 aliphatic carbocycles. The first-order valence-corrected chi connectivity index (χ1v) is 10.9. The van der Waals surface area contributed by atoms with Gasteiger partial charge in [-0.05, 0) is 36.8 Å². The van der Waals surface area contributed by atoms with E-state index in [-0.39, 0.29) is 0 Å². The van der Waals surface area contributed by atoms with Crippen LogP contribution in [0.15, 0.2) is 23.3 Å². The van der Waals surface area contributed by atoms with E-state index < -0.39 is 0 Å². The SMILES string of the molecule is CN=C(NCc1ccc(N2CCC(C)CC2)nc1)N1CCC(COCCOC)C1. The third-order valence-corrected chi connectivity index (χ3v) is 5.95. The maximum Gasteiger partial charge on any atom is 0.193 e. The lowest BCUT2D eigenvalue weighted by Crippen LogP contribution is -2.40. The van der Waals surface area contributed by atoms with E-state index >= 15 is 0 Å². The molecular weight excluding hydrogens is 366 g/mol. The third-order valence-electron chi connectivity index (χ3n) is 5.95. The Morgan fingerprint density at radius 2 is 2.03 bits per heavy atom. The Hall–Kier alpha value is -1.86. The molecule has 162 valence electrons. The molecule has 29 heavy (non-hydrogen) atoms. The van der Waals surface area contributed by atoms with Gasteiger partial charge in [-0.1, -0.05) is 13.0 Å². The van der Waals surface area contributed by atoms with Crippen LogP contribution in [0.4, 0.5) is 5.82 Å². The van der Waals surface area contributed by atoms with Crippen LogP contribution in [-0.2, 0) is 16.0 Å². The maximum atomic E-state index is 5.69. The van der Waals surface area contributed by atoms with E-state index in [2.05, 4.69) is 39.2 Å². The lowest BCUT2D eigenvalue weighted by atomic mass is 9.99. The number of pyridine rings is 1. The molecule has 1 N–H and O–H groups in total. The molecule has 3 heterocycles. The van der Waals surface area contributed by atoms with Crippen molar-refractivity contribution in [2.24, 2.45) is 16.8 Å². The van der Waals surface area contributed by atoms with E-state index in [0.717, 1.165) is 63.4 Å². The Morgan fingerprint density at radius 1 is 1.21 bits per heavy atom. The highest BCUT2D eigenvalue weighted by atomic mass is 16.5. The molecule has 2 aliphatic heterocycles. The van der Waals surface area contributed by atoms with Gasteiger partial charge in [0, 0.05) is 59.0 Å². The van der Waals surface area contributed by atoms with Crippen molar-refractivity contribution in [3.05, 3.63) is 23.9 Å². The van der Waals surface area contributed by atoms with Gasteiger partial charge in [0.1, 0.15) is 5.82 Å². The molecule has 1 aromatic rings. The molecule has 7 nitrogen and oxygen atoms in total. The van der Waals surface area contributed by atoms with Gasteiger partial charge in [0.05, 0.1) is 19.8 Å². The Morgan fingerprint density at radius 3 is 2.72 bits per heavy atom. The fourth-order valence-corrected chi connectivity index (χ4v) is 4.01. The van der Waals surface area contributed by atoms with Crippen molar-refractivity contribution in [2.45, 2.75) is 32.7 Å². The molecule has 0 radical (unpaired) electrons. The van der Waals surface area contributed by atoms with E-state index in [4.69, 9.17) is 14.5 Å². The summed E-state index contributed by atoms with van der Waals surface area (Å²) in [6.45, 7) is 9.42. The van der Waals surface area contributed by atoms with Gasteiger partial charge in [0.2, 0.25) is 0 Å². The number of likely N-dealkylation sites (tertiary alicyclic amines) is 1. The number of ether oxygens (including phenoxy) is 2. The molecule has 0 bridgehead atoms. The highest BCUT2D eigenvalue weighted by Crippen LogP contribution is 2.21. The average molecular weight is 404 g/mol. The summed E-state index contributed by atoms with van der Waals surface area (Å²) in [6.07, 6.45) is 5.65. The summed E-state index contributed by atoms with van der Waals surface area (Å²) in [7, 11) is 3.55. The molecule has 1 aromatic heterocycles. The highest BCUT2D eigenvalue weighted by molar-refractivity contribution is 5.80. The molecule has 3 rings (SSSR count). The van der Waals surface area contributed by atoms with Gasteiger partial charge in [-0.25, -0.2) is 4.98 Å². The zero-order valence-corrected chi connectivity index (χ0v) is 18.3. The van der Waals surface area contributed by atoms with Gasteiger partial charge in [-0.15, -0.1) is 0 Å². The van der Waals surface area contributed by atoms with Crippen molar-refractivity contribution in [3.63, 3.8) is 0 Å². The monoisotopic (exact) mass is 403 g/mol. The minimum Gasteiger partial charge on any atom is -0.382 e. The molecule has 0 aromatic carbocycles. The second-order valence-electron chi connectivity index (χ2n) is 8.26. The second-order valence-corrected chi connectivity index (χ2v) is 8.26. The Kier molecular flexibility index (Phi) is 8.55. The maximum absolute atomic E-state index is 5.69. The predicted octanol–water partition coefficient (Wildman–Crippen LogP) is 2.38. The molecule has 7 heteroatoms. The van der Waals surface area contributed by atoms with E-state index in [9.17, 15) is 0 Å². The molecular formula is C22H37N5O2. The lowest BCUT2D eigenvalue weighted by Gasteiger charge is -2.31. The Balaban J connectivity index is 1.42. The van der Waals surface area contributed by atoms with E-state index in [1.165, 1.54) is 18.4 Å². The molecule has 0 saturated carbocycles. The summed E-state index contributed by atoms with van der Waals surface area (Å²) in [5, 5.41) is 3.49. The summed E-state index contributed by atoms with van der Waals surface area (Å²) in [4.78, 5) is 13.9. The number of nitrogens with zero attached hydrogens (tertiary/aromatic N) is 4. The molecule has 2 fully saturated rings. The van der Waals surface area contributed by atoms with Crippen LogP contribution in [0.25, 0.3) is 0 Å². The minimum absolute atomic E-state index is 0.554. The number of methoxy groups -OCH3 is 1. The van der Waals surface area contributed by atoms with Crippen molar-refractivity contribution in [2.75, 3.05) is 65.1 Å². The fourth-order valence-electron chi connectivity index (χ4n) is 4.01. The van der Waals surface area contributed by atoms with E-state index in [0.29, 0.717) is 19.1 Å². The fraction of sp³-hybridized carbons (Fsp3) is 0.727. The topological polar surface area (TPSA) is 62.2 Å². The molecule has 1 unspecified atom stereocenters. The van der Waals surface area contributed by atoms with Crippen LogP contribution in [0.1, 0.15) is 31.7 Å². The summed E-state index contributed by atoms with van der Waals surface area (Å²) in [5.74, 6) is 3.45. The number of hydrogen-bond acceptors (Lipinski definition) is 5. The zero-order chi connectivity index (χ0) is 20.5. The van der Waals surface area contributed by atoms with Gasteiger partial charge in [0.15, 0.2) is 5.96 Å². The second kappa shape index (κ2) is 11.4. The van der Waals surface area contributed by atoms with Crippen molar-refractivity contribution in [3.8, 4) is 0 Å². The first-order chi connectivity index (χ1) is 14.2. The van der Waals surface area contributed by atoms with E-state index in [1.807, 2.05) is 13.2 Å². The number of hydrogen-bond donors (Lipinski definition) is 1. The summed E-state index contributed by atoms with van der Waals surface area (Å²) in [5.41, 5.74) is 1.18. The largest absolute Gasteiger partial charge is 0.382 e. The molecule has 1 atom stereocenters. The third kappa shape index (κ3) is 6.57. The van der Waals surface area contributed by atoms with E-state index in [1.54, 1.807) is 7.11 Å². The van der Waals surface area contributed by atoms with Crippen LogP contribution in [0.5, 0.6) is 0 Å².